The minimum Gasteiger partial charge on any atom is -0.383 e. The number of likely N-dealkylation sites (tertiary alicyclic amines) is 1. The Balaban J connectivity index is 1.51. The minimum atomic E-state index is -1.27. The van der Waals surface area contributed by atoms with E-state index in [9.17, 15) is 14.0 Å². The Bertz CT molecular complexity index is 1090. The van der Waals surface area contributed by atoms with Crippen molar-refractivity contribution < 1.29 is 14.0 Å². The van der Waals surface area contributed by atoms with Crippen LogP contribution in [0.1, 0.15) is 6.42 Å². The molecule has 0 radical (unpaired) electrons. The average molecular weight is 462 g/mol. The first-order valence-corrected chi connectivity index (χ1v) is 9.64. The van der Waals surface area contributed by atoms with Crippen molar-refractivity contribution >= 4 is 50.4 Å². The summed E-state index contributed by atoms with van der Waals surface area (Å²) in [6.45, 7) is -0.231. The molecule has 0 aromatic carbocycles. The molecule has 0 aliphatic carbocycles. The summed E-state index contributed by atoms with van der Waals surface area (Å²) in [5.74, 6) is -0.233. The van der Waals surface area contributed by atoms with Gasteiger partial charge in [0.2, 0.25) is 11.8 Å². The Kier molecular flexibility index (Phi) is 5.14. The number of rotatable bonds is 4. The third-order valence-corrected chi connectivity index (χ3v) is 5.17. The summed E-state index contributed by atoms with van der Waals surface area (Å²) >= 11 is 3.23. The smallest absolute Gasteiger partial charge is 0.248 e. The van der Waals surface area contributed by atoms with E-state index in [1.807, 2.05) is 0 Å². The van der Waals surface area contributed by atoms with Crippen molar-refractivity contribution in [2.75, 3.05) is 17.6 Å². The normalized spacial score (nSPS) is 18.9. The van der Waals surface area contributed by atoms with Gasteiger partial charge in [0.05, 0.1) is 11.9 Å². The summed E-state index contributed by atoms with van der Waals surface area (Å²) in [5, 5.41) is 3.27. The van der Waals surface area contributed by atoms with Crippen LogP contribution in [0.5, 0.6) is 0 Å². The molecule has 150 valence electrons. The lowest BCUT2D eigenvalue weighted by molar-refractivity contribution is -0.137. The maximum Gasteiger partial charge on any atom is 0.248 e. The Morgan fingerprint density at radius 1 is 1.31 bits per heavy atom. The Morgan fingerprint density at radius 2 is 2.14 bits per heavy atom. The highest BCUT2D eigenvalue weighted by Gasteiger charge is 2.40. The molecule has 1 aliphatic rings. The van der Waals surface area contributed by atoms with E-state index in [2.05, 4.69) is 36.2 Å². The first kappa shape index (κ1) is 19.2. The van der Waals surface area contributed by atoms with Crippen LogP contribution in [0, 0.1) is 0 Å². The number of nitrogens with one attached hydrogen (secondary N) is 1. The van der Waals surface area contributed by atoms with Crippen LogP contribution in [0.25, 0.3) is 11.0 Å². The highest BCUT2D eigenvalue weighted by Crippen LogP contribution is 2.24. The number of nitrogen functional groups attached to an aromatic ring is 1. The molecule has 0 spiro atoms. The van der Waals surface area contributed by atoms with Crippen LogP contribution < -0.4 is 11.1 Å². The average Bonchev–Trinajstić information content (AvgIpc) is 3.26. The molecule has 3 aromatic heterocycles. The molecule has 4 rings (SSSR count). The second-order valence-corrected chi connectivity index (χ2v) is 7.48. The number of nitrogens with zero attached hydrogens (tertiary/aromatic N) is 5. The van der Waals surface area contributed by atoms with Gasteiger partial charge in [-0.3, -0.25) is 9.59 Å². The third kappa shape index (κ3) is 3.90. The minimum absolute atomic E-state index is 0.0624. The topological polar surface area (TPSA) is 119 Å². The molecule has 3 N–H and O–H groups in total. The van der Waals surface area contributed by atoms with E-state index >= 15 is 0 Å². The number of alkyl halides is 1. The fourth-order valence-corrected chi connectivity index (χ4v) is 3.73. The number of aromatic nitrogens is 4. The number of amides is 2. The largest absolute Gasteiger partial charge is 0.383 e. The number of halogens is 2. The number of pyridine rings is 1. The van der Waals surface area contributed by atoms with E-state index < -0.39 is 18.1 Å². The summed E-state index contributed by atoms with van der Waals surface area (Å²) in [6.07, 6.45) is 1.64. The van der Waals surface area contributed by atoms with Gasteiger partial charge in [-0.2, -0.15) is 0 Å². The molecule has 1 aliphatic heterocycles. The van der Waals surface area contributed by atoms with E-state index in [0.717, 1.165) is 0 Å². The van der Waals surface area contributed by atoms with Gasteiger partial charge in [0.1, 0.15) is 47.0 Å². The molecular formula is C18H17BrFN7O2. The molecule has 9 nitrogen and oxygen atoms in total. The fourth-order valence-electron chi connectivity index (χ4n) is 3.38. The summed E-state index contributed by atoms with van der Waals surface area (Å²) in [6, 6.07) is 5.85. The number of carbonyl (C=O) groups excluding carboxylic acids is 2. The van der Waals surface area contributed by atoms with Crippen LogP contribution >= 0.6 is 15.9 Å². The monoisotopic (exact) mass is 461 g/mol. The van der Waals surface area contributed by atoms with Crippen molar-refractivity contribution in [1.82, 2.24) is 24.4 Å². The molecule has 0 saturated carbocycles. The summed E-state index contributed by atoms with van der Waals surface area (Å²) in [5.41, 5.74) is 6.32. The van der Waals surface area contributed by atoms with Crippen molar-refractivity contribution in [2.45, 2.75) is 25.2 Å². The first-order chi connectivity index (χ1) is 13.9. The van der Waals surface area contributed by atoms with E-state index in [1.165, 1.54) is 11.2 Å². The third-order valence-electron chi connectivity index (χ3n) is 4.73. The Labute approximate surface area is 173 Å². The van der Waals surface area contributed by atoms with Gasteiger partial charge in [-0.05, 0) is 34.1 Å². The zero-order valence-corrected chi connectivity index (χ0v) is 16.7. The van der Waals surface area contributed by atoms with Gasteiger partial charge in [0, 0.05) is 12.6 Å². The van der Waals surface area contributed by atoms with Crippen LogP contribution in [0.15, 0.2) is 41.4 Å². The summed E-state index contributed by atoms with van der Waals surface area (Å²) < 4.78 is 16.2. The number of carbonyl (C=O) groups is 2. The number of hydrogen-bond acceptors (Lipinski definition) is 6. The molecule has 1 fully saturated rings. The molecule has 0 bridgehead atoms. The van der Waals surface area contributed by atoms with Crippen molar-refractivity contribution in [2.24, 2.45) is 0 Å². The molecule has 29 heavy (non-hydrogen) atoms. The van der Waals surface area contributed by atoms with Crippen molar-refractivity contribution in [1.29, 1.82) is 0 Å². The maximum atomic E-state index is 14.1. The van der Waals surface area contributed by atoms with Crippen molar-refractivity contribution in [3.8, 4) is 0 Å². The van der Waals surface area contributed by atoms with Crippen LogP contribution in [0.4, 0.5) is 16.0 Å². The first-order valence-electron chi connectivity index (χ1n) is 8.84. The standard InChI is InChI=1S/C18H17BrFN7O2/c19-13-2-1-3-14(24-13)25-18(29)12-6-10(20)7-27(12)15(28)8-26-5-4-11-16(21)22-9-23-17(11)26/h1-5,9-10,12H,6-8H2,(H2,21,22,23)(H,24,25,29)/t10-,12+/m1/s1. The summed E-state index contributed by atoms with van der Waals surface area (Å²) in [4.78, 5) is 39.0. The lowest BCUT2D eigenvalue weighted by atomic mass is 10.2. The predicted molar refractivity (Wildman–Crippen MR) is 108 cm³/mol. The zero-order chi connectivity index (χ0) is 20.5. The van der Waals surface area contributed by atoms with Gasteiger partial charge in [0.15, 0.2) is 0 Å². The number of fused-ring (bicyclic) bond motifs is 1. The molecular weight excluding hydrogens is 445 g/mol. The SMILES string of the molecule is Nc1ncnc2c1ccn2CC(=O)N1C[C@H](F)C[C@H]1C(=O)Nc1cccc(Br)n1. The van der Waals surface area contributed by atoms with Gasteiger partial charge in [0.25, 0.3) is 0 Å². The van der Waals surface area contributed by atoms with Gasteiger partial charge in [-0.1, -0.05) is 6.07 Å². The van der Waals surface area contributed by atoms with E-state index in [1.54, 1.807) is 35.0 Å². The van der Waals surface area contributed by atoms with Crippen molar-refractivity contribution in [3.63, 3.8) is 0 Å². The molecule has 11 heteroatoms. The number of hydrogen-bond donors (Lipinski definition) is 2. The van der Waals surface area contributed by atoms with Crippen LogP contribution in [0.2, 0.25) is 0 Å². The maximum absolute atomic E-state index is 14.1. The Morgan fingerprint density at radius 3 is 2.93 bits per heavy atom. The molecule has 1 saturated heterocycles. The fraction of sp³-hybridized carbons (Fsp3) is 0.278. The number of nitrogens with two attached hydrogens (primary N) is 1. The zero-order valence-electron chi connectivity index (χ0n) is 15.1. The van der Waals surface area contributed by atoms with E-state index in [0.29, 0.717) is 27.3 Å². The highest BCUT2D eigenvalue weighted by molar-refractivity contribution is 9.10. The predicted octanol–water partition coefficient (Wildman–Crippen LogP) is 1.75. The molecule has 0 unspecified atom stereocenters. The van der Waals surface area contributed by atoms with Crippen LogP contribution in [-0.4, -0.2) is 55.0 Å². The molecule has 2 atom stereocenters. The molecule has 3 aromatic rings. The second-order valence-electron chi connectivity index (χ2n) is 6.67. The second kappa shape index (κ2) is 7.74. The van der Waals surface area contributed by atoms with Gasteiger partial charge >= 0.3 is 0 Å². The molecule has 4 heterocycles. The van der Waals surface area contributed by atoms with Gasteiger partial charge < -0.3 is 20.5 Å². The molecule has 2 amide bonds. The van der Waals surface area contributed by atoms with E-state index in [-0.39, 0.29) is 25.4 Å². The number of anilines is 2. The lowest BCUT2D eigenvalue weighted by Gasteiger charge is -2.23. The van der Waals surface area contributed by atoms with Crippen LogP contribution in [-0.2, 0) is 16.1 Å². The van der Waals surface area contributed by atoms with Gasteiger partial charge in [-0.15, -0.1) is 0 Å². The summed E-state index contributed by atoms with van der Waals surface area (Å²) in [7, 11) is 0. The van der Waals surface area contributed by atoms with E-state index in [4.69, 9.17) is 5.73 Å². The van der Waals surface area contributed by atoms with Crippen LogP contribution in [0.3, 0.4) is 0 Å². The quantitative estimate of drug-likeness (QED) is 0.571. The lowest BCUT2D eigenvalue weighted by Crippen LogP contribution is -2.44. The van der Waals surface area contributed by atoms with Gasteiger partial charge in [-0.25, -0.2) is 19.3 Å². The Hall–Kier alpha value is -3.08. The highest BCUT2D eigenvalue weighted by atomic mass is 79.9. The van der Waals surface area contributed by atoms with Crippen molar-refractivity contribution in [3.05, 3.63) is 41.4 Å².